The summed E-state index contributed by atoms with van der Waals surface area (Å²) in [5.41, 5.74) is 1.64. The second-order valence-electron chi connectivity index (χ2n) is 9.53. The van der Waals surface area contributed by atoms with Crippen LogP contribution >= 0.6 is 11.6 Å². The number of carbonyl (C=O) groups is 1. The number of benzene rings is 1. The van der Waals surface area contributed by atoms with Crippen LogP contribution in [0, 0.1) is 0 Å². The van der Waals surface area contributed by atoms with Crippen molar-refractivity contribution in [2.45, 2.75) is 48.5 Å². The number of nitrogens with zero attached hydrogens (tertiary/aromatic N) is 4. The molecule has 2 atom stereocenters. The second kappa shape index (κ2) is 9.53. The van der Waals surface area contributed by atoms with Crippen LogP contribution < -0.4 is 10.2 Å². The van der Waals surface area contributed by atoms with Crippen molar-refractivity contribution in [2.75, 3.05) is 49.3 Å². The van der Waals surface area contributed by atoms with Gasteiger partial charge < -0.3 is 24.8 Å². The molecule has 2 fully saturated rings. The van der Waals surface area contributed by atoms with Crippen LogP contribution in [0.5, 0.6) is 0 Å². The van der Waals surface area contributed by atoms with Gasteiger partial charge in [-0.3, -0.25) is 4.79 Å². The Morgan fingerprint density at radius 3 is 2.65 bits per heavy atom. The highest BCUT2D eigenvalue weighted by Crippen LogP contribution is 2.38. The zero-order valence-electron chi connectivity index (χ0n) is 19.3. The van der Waals surface area contributed by atoms with Gasteiger partial charge in [-0.15, -0.1) is 0 Å². The first-order valence-electron chi connectivity index (χ1n) is 11.8. The maximum absolute atomic E-state index is 12.7. The van der Waals surface area contributed by atoms with E-state index in [2.05, 4.69) is 10.2 Å². The number of rotatable bonds is 5. The first-order valence-corrected chi connectivity index (χ1v) is 13.5. The number of amides is 1. The molecule has 0 bridgehead atoms. The number of piperidine rings is 2. The summed E-state index contributed by atoms with van der Waals surface area (Å²) in [6.07, 6.45) is 3.45. The number of hydrogen-bond acceptors (Lipinski definition) is 7. The number of aromatic nitrogens is 2. The highest BCUT2D eigenvalue weighted by atomic mass is 35.5. The van der Waals surface area contributed by atoms with Gasteiger partial charge in [0, 0.05) is 56.0 Å². The molecule has 1 amide bonds. The Kier molecular flexibility index (Phi) is 6.63. The van der Waals surface area contributed by atoms with E-state index in [4.69, 9.17) is 21.6 Å². The van der Waals surface area contributed by atoms with E-state index >= 15 is 0 Å². The molecule has 0 saturated carbocycles. The summed E-state index contributed by atoms with van der Waals surface area (Å²) in [5.74, 6) is 2.00. The van der Waals surface area contributed by atoms with Crippen LogP contribution in [0.15, 0.2) is 29.2 Å². The summed E-state index contributed by atoms with van der Waals surface area (Å²) in [7, 11) is 1.81. The fraction of sp³-hybridized carbons (Fsp3) is 0.542. The number of likely N-dealkylation sites (N-methyl/N-ethyl adjacent to an activating group) is 1. The molecule has 1 aromatic carbocycles. The average Bonchev–Trinajstić information content (AvgIpc) is 3.23. The van der Waals surface area contributed by atoms with Crippen molar-refractivity contribution in [3.8, 4) is 0 Å². The molecule has 5 rings (SSSR count). The molecule has 1 aromatic heterocycles. The predicted molar refractivity (Wildman–Crippen MR) is 133 cm³/mol. The molecule has 2 saturated heterocycles. The van der Waals surface area contributed by atoms with Crippen LogP contribution in [-0.2, 0) is 27.8 Å². The van der Waals surface area contributed by atoms with Gasteiger partial charge in [0.2, 0.25) is 16.8 Å². The molecule has 34 heavy (non-hydrogen) atoms. The predicted octanol–water partition coefficient (Wildman–Crippen LogP) is 2.36. The third-order valence-corrected chi connectivity index (χ3v) is 9.12. The van der Waals surface area contributed by atoms with Gasteiger partial charge in [0.1, 0.15) is 11.4 Å². The van der Waals surface area contributed by atoms with Gasteiger partial charge in [-0.1, -0.05) is 23.7 Å². The fourth-order valence-corrected chi connectivity index (χ4v) is 6.66. The van der Waals surface area contributed by atoms with Crippen molar-refractivity contribution >= 4 is 40.5 Å². The Bertz CT molecular complexity index is 1060. The van der Waals surface area contributed by atoms with E-state index in [1.165, 1.54) is 0 Å². The number of aryl methyl sites for hydroxylation is 1. The van der Waals surface area contributed by atoms with E-state index < -0.39 is 11.2 Å². The fourth-order valence-electron chi connectivity index (χ4n) is 5.22. The molecule has 2 aromatic rings. The van der Waals surface area contributed by atoms with Crippen LogP contribution in [0.1, 0.15) is 36.9 Å². The van der Waals surface area contributed by atoms with Gasteiger partial charge in [-0.05, 0) is 48.1 Å². The molecule has 3 aliphatic rings. The minimum atomic E-state index is -1.11. The summed E-state index contributed by atoms with van der Waals surface area (Å²) >= 11 is 4.95. The van der Waals surface area contributed by atoms with Crippen LogP contribution in [-0.4, -0.2) is 75.5 Å². The zero-order valence-corrected chi connectivity index (χ0v) is 20.9. The maximum atomic E-state index is 12.7. The van der Waals surface area contributed by atoms with Crippen molar-refractivity contribution in [1.29, 1.82) is 0 Å². The number of nitrogens with one attached hydrogen (secondary N) is 1. The van der Waals surface area contributed by atoms with Crippen molar-refractivity contribution in [3.05, 3.63) is 40.5 Å². The van der Waals surface area contributed by atoms with Crippen LogP contribution in [0.25, 0.3) is 0 Å². The lowest BCUT2D eigenvalue weighted by atomic mass is 9.73. The summed E-state index contributed by atoms with van der Waals surface area (Å²) in [6, 6.07) is 7.82. The molecule has 10 heteroatoms. The molecule has 8 nitrogen and oxygen atoms in total. The molecule has 1 unspecified atom stereocenters. The number of halogens is 1. The molecule has 3 aliphatic heterocycles. The Hall–Kier alpha value is -2.07. The highest BCUT2D eigenvalue weighted by Gasteiger charge is 2.38. The van der Waals surface area contributed by atoms with Gasteiger partial charge in [0.05, 0.1) is 6.61 Å². The number of aliphatic hydroxyl groups excluding tert-OH is 1. The van der Waals surface area contributed by atoms with Gasteiger partial charge in [0.25, 0.3) is 0 Å². The number of fused-ring (bicyclic) bond motifs is 1. The molecular weight excluding hydrogens is 474 g/mol. The maximum Gasteiger partial charge on any atom is 0.227 e. The van der Waals surface area contributed by atoms with E-state index in [9.17, 15) is 14.5 Å². The molecule has 0 spiro atoms. The number of likely N-dealkylation sites (tertiary alicyclic amines) is 1. The van der Waals surface area contributed by atoms with Gasteiger partial charge in [-0.2, -0.15) is 4.98 Å². The van der Waals surface area contributed by atoms with E-state index in [0.29, 0.717) is 59.9 Å². The van der Waals surface area contributed by atoms with Crippen molar-refractivity contribution in [1.82, 2.24) is 14.9 Å². The number of anilines is 2. The Morgan fingerprint density at radius 1 is 1.24 bits per heavy atom. The van der Waals surface area contributed by atoms with E-state index in [0.717, 1.165) is 30.5 Å². The number of carbonyl (C=O) groups excluding carboxylic acids is 1. The van der Waals surface area contributed by atoms with Gasteiger partial charge in [-0.25, -0.2) is 4.98 Å². The van der Waals surface area contributed by atoms with Gasteiger partial charge >= 0.3 is 0 Å². The highest BCUT2D eigenvalue weighted by molar-refractivity contribution is 7.91. The minimum Gasteiger partial charge on any atom is -0.611 e. The third kappa shape index (κ3) is 4.46. The SMILES string of the molecule is CN1C[C@@H](Nc2nc(N3CCC(CO)(c4ccc(Cl)cc4)CC3)nc3c2[S+]([O-])CC3)CCC1=O. The lowest BCUT2D eigenvalue weighted by Gasteiger charge is -2.41. The molecule has 182 valence electrons. The Labute approximate surface area is 207 Å². The van der Waals surface area contributed by atoms with E-state index in [1.54, 1.807) is 4.90 Å². The number of aliphatic hydroxyl groups is 1. The smallest absolute Gasteiger partial charge is 0.227 e. The van der Waals surface area contributed by atoms with Crippen LogP contribution in [0.2, 0.25) is 5.02 Å². The second-order valence-corrected chi connectivity index (χ2v) is 11.5. The Morgan fingerprint density at radius 2 is 1.97 bits per heavy atom. The Balaban J connectivity index is 1.37. The lowest BCUT2D eigenvalue weighted by molar-refractivity contribution is -0.132. The molecule has 0 radical (unpaired) electrons. The van der Waals surface area contributed by atoms with Crippen molar-refractivity contribution in [3.63, 3.8) is 0 Å². The molecule has 4 heterocycles. The summed E-state index contributed by atoms with van der Waals surface area (Å²) in [6.45, 7) is 2.10. The van der Waals surface area contributed by atoms with Crippen molar-refractivity contribution < 1.29 is 14.5 Å². The topological polar surface area (TPSA) is 105 Å². The summed E-state index contributed by atoms with van der Waals surface area (Å²) in [5, 5.41) is 14.5. The lowest BCUT2D eigenvalue weighted by Crippen LogP contribution is -2.45. The quantitative estimate of drug-likeness (QED) is 0.603. The monoisotopic (exact) mass is 503 g/mol. The van der Waals surface area contributed by atoms with Crippen LogP contribution in [0.4, 0.5) is 11.8 Å². The molecule has 2 N–H and O–H groups in total. The van der Waals surface area contributed by atoms with Crippen LogP contribution in [0.3, 0.4) is 0 Å². The first-order chi connectivity index (χ1) is 16.4. The first kappa shape index (κ1) is 23.7. The van der Waals surface area contributed by atoms with Gasteiger partial charge in [0.15, 0.2) is 5.82 Å². The average molecular weight is 504 g/mol. The number of hydrogen-bond donors (Lipinski definition) is 2. The largest absolute Gasteiger partial charge is 0.611 e. The normalized spacial score (nSPS) is 24.3. The summed E-state index contributed by atoms with van der Waals surface area (Å²) < 4.78 is 12.7. The van der Waals surface area contributed by atoms with Crippen molar-refractivity contribution in [2.24, 2.45) is 0 Å². The molecule has 0 aliphatic carbocycles. The van der Waals surface area contributed by atoms with E-state index in [-0.39, 0.29) is 24.0 Å². The zero-order chi connectivity index (χ0) is 23.9. The standard InChI is InChI=1S/C24H30ClN5O3S/c1-29-14-18(6-7-20(29)32)26-22-21-19(8-13-34(21)33)27-23(28-22)30-11-9-24(15-31,10-12-30)16-2-4-17(25)5-3-16/h2-5,18,31H,6-15H2,1H3,(H,26,27,28)/t18-,34?/m0/s1. The summed E-state index contributed by atoms with van der Waals surface area (Å²) in [4.78, 5) is 26.1. The third-order valence-electron chi connectivity index (χ3n) is 7.41. The minimum absolute atomic E-state index is 0.0699. The van der Waals surface area contributed by atoms with E-state index in [1.807, 2.05) is 31.3 Å². The molecular formula is C24H30ClN5O3S.